The summed E-state index contributed by atoms with van der Waals surface area (Å²) in [6.45, 7) is 7.07. The van der Waals surface area contributed by atoms with Crippen molar-refractivity contribution in [3.05, 3.63) is 17.8 Å². The van der Waals surface area contributed by atoms with E-state index in [9.17, 15) is 4.79 Å². The number of carbonyl (C=O) groups excluding carboxylic acids is 1. The second-order valence-corrected chi connectivity index (χ2v) is 6.28. The van der Waals surface area contributed by atoms with Gasteiger partial charge in [0, 0.05) is 18.4 Å². The average molecular weight is 277 g/mol. The maximum absolute atomic E-state index is 11.8. The Labute approximate surface area is 120 Å². The Morgan fingerprint density at radius 2 is 2.20 bits per heavy atom. The molecule has 1 aliphatic rings. The molecule has 1 atom stereocenters. The summed E-state index contributed by atoms with van der Waals surface area (Å²) in [4.78, 5) is 11.8. The first-order valence-electron chi connectivity index (χ1n) is 7.21. The van der Waals surface area contributed by atoms with E-state index in [1.54, 1.807) is 6.07 Å². The van der Waals surface area contributed by atoms with Crippen molar-refractivity contribution in [2.75, 3.05) is 11.9 Å². The number of hydrogen-bond donors (Lipinski definition) is 1. The van der Waals surface area contributed by atoms with Crippen molar-refractivity contribution in [3.63, 3.8) is 0 Å². The molecule has 5 heteroatoms. The van der Waals surface area contributed by atoms with E-state index in [4.69, 9.17) is 4.74 Å². The monoisotopic (exact) mass is 277 g/mol. The van der Waals surface area contributed by atoms with Crippen LogP contribution >= 0.6 is 0 Å². The molecule has 1 aromatic rings. The second kappa shape index (κ2) is 6.31. The molecule has 0 spiro atoms. The molecule has 1 unspecified atom stereocenters. The molecule has 0 bridgehead atoms. The number of amides is 1. The lowest BCUT2D eigenvalue weighted by Gasteiger charge is -2.16. The van der Waals surface area contributed by atoms with E-state index in [0.29, 0.717) is 12.2 Å². The van der Waals surface area contributed by atoms with Gasteiger partial charge in [0.25, 0.3) is 0 Å². The molecule has 2 rings (SSSR count). The smallest absolute Gasteiger partial charge is 0.225 e. The highest BCUT2D eigenvalue weighted by Crippen LogP contribution is 2.20. The standard InChI is InChI=1S/C15H23N3O2/c1-15(2,3)12-7-8-13(18-17-12)16-14(19)9-6-11-5-4-10-20-11/h7-8,11H,4-6,9-10H2,1-3H3,(H,16,18,19). The zero-order chi connectivity index (χ0) is 14.6. The molecule has 1 aromatic heterocycles. The fourth-order valence-corrected chi connectivity index (χ4v) is 2.17. The minimum atomic E-state index is -0.0324. The van der Waals surface area contributed by atoms with Crippen molar-refractivity contribution in [1.82, 2.24) is 10.2 Å². The van der Waals surface area contributed by atoms with Gasteiger partial charge >= 0.3 is 0 Å². The SMILES string of the molecule is CC(C)(C)c1ccc(NC(=O)CCC2CCCO2)nn1. The fourth-order valence-electron chi connectivity index (χ4n) is 2.17. The summed E-state index contributed by atoms with van der Waals surface area (Å²) < 4.78 is 5.50. The Bertz CT molecular complexity index is 445. The van der Waals surface area contributed by atoms with Gasteiger partial charge in [-0.3, -0.25) is 4.79 Å². The third-order valence-corrected chi connectivity index (χ3v) is 3.42. The average Bonchev–Trinajstić information content (AvgIpc) is 2.89. The Morgan fingerprint density at radius 1 is 1.40 bits per heavy atom. The molecule has 110 valence electrons. The van der Waals surface area contributed by atoms with Crippen LogP contribution < -0.4 is 5.32 Å². The molecule has 1 aliphatic heterocycles. The number of nitrogens with one attached hydrogen (secondary N) is 1. The van der Waals surface area contributed by atoms with Crippen molar-refractivity contribution in [1.29, 1.82) is 0 Å². The number of rotatable bonds is 4. The molecular weight excluding hydrogens is 254 g/mol. The van der Waals surface area contributed by atoms with Gasteiger partial charge < -0.3 is 10.1 Å². The van der Waals surface area contributed by atoms with E-state index in [1.165, 1.54) is 0 Å². The first kappa shape index (κ1) is 14.9. The molecule has 1 fully saturated rings. The second-order valence-electron chi connectivity index (χ2n) is 6.28. The van der Waals surface area contributed by atoms with Gasteiger partial charge in [0.05, 0.1) is 11.8 Å². The Morgan fingerprint density at radius 3 is 2.75 bits per heavy atom. The highest BCUT2D eigenvalue weighted by molar-refractivity contribution is 5.89. The van der Waals surface area contributed by atoms with Crippen LogP contribution in [0.15, 0.2) is 12.1 Å². The topological polar surface area (TPSA) is 64.1 Å². The van der Waals surface area contributed by atoms with Gasteiger partial charge in [-0.15, -0.1) is 5.10 Å². The van der Waals surface area contributed by atoms with E-state index in [1.807, 2.05) is 6.07 Å². The molecule has 1 N–H and O–H groups in total. The number of nitrogens with zero attached hydrogens (tertiary/aromatic N) is 2. The van der Waals surface area contributed by atoms with Crippen LogP contribution in [0.4, 0.5) is 5.82 Å². The number of hydrogen-bond acceptors (Lipinski definition) is 4. The third kappa shape index (κ3) is 4.27. The predicted molar refractivity (Wildman–Crippen MR) is 77.6 cm³/mol. The van der Waals surface area contributed by atoms with Crippen molar-refractivity contribution in [3.8, 4) is 0 Å². The normalized spacial score (nSPS) is 19.1. The molecule has 0 radical (unpaired) electrons. The van der Waals surface area contributed by atoms with Gasteiger partial charge in [-0.25, -0.2) is 0 Å². The molecule has 0 saturated carbocycles. The van der Waals surface area contributed by atoms with Gasteiger partial charge in [-0.2, -0.15) is 5.10 Å². The van der Waals surface area contributed by atoms with Crippen LogP contribution in [-0.2, 0) is 14.9 Å². The van der Waals surface area contributed by atoms with Crippen LogP contribution in [0, 0.1) is 0 Å². The van der Waals surface area contributed by atoms with Crippen molar-refractivity contribution in [2.45, 2.75) is 58.0 Å². The fraction of sp³-hybridized carbons (Fsp3) is 0.667. The first-order chi connectivity index (χ1) is 9.45. The molecule has 0 aromatic carbocycles. The molecule has 2 heterocycles. The predicted octanol–water partition coefficient (Wildman–Crippen LogP) is 2.67. The summed E-state index contributed by atoms with van der Waals surface area (Å²) in [6.07, 6.45) is 3.65. The van der Waals surface area contributed by atoms with E-state index >= 15 is 0 Å². The maximum Gasteiger partial charge on any atom is 0.225 e. The highest BCUT2D eigenvalue weighted by Gasteiger charge is 2.18. The van der Waals surface area contributed by atoms with Crippen LogP contribution in [0.5, 0.6) is 0 Å². The molecule has 1 amide bonds. The zero-order valence-electron chi connectivity index (χ0n) is 12.5. The van der Waals surface area contributed by atoms with Crippen molar-refractivity contribution < 1.29 is 9.53 Å². The minimum absolute atomic E-state index is 0.0293. The molecule has 0 aliphatic carbocycles. The van der Waals surface area contributed by atoms with Crippen LogP contribution in [-0.4, -0.2) is 28.8 Å². The molecule has 5 nitrogen and oxygen atoms in total. The lowest BCUT2D eigenvalue weighted by molar-refractivity contribution is -0.116. The summed E-state index contributed by atoms with van der Waals surface area (Å²) in [7, 11) is 0. The van der Waals surface area contributed by atoms with Crippen molar-refractivity contribution in [2.24, 2.45) is 0 Å². The molecule has 1 saturated heterocycles. The van der Waals surface area contributed by atoms with Gasteiger partial charge in [-0.05, 0) is 31.4 Å². The summed E-state index contributed by atoms with van der Waals surface area (Å²) in [6, 6.07) is 3.71. The van der Waals surface area contributed by atoms with E-state index in [2.05, 4.69) is 36.3 Å². The molecule has 20 heavy (non-hydrogen) atoms. The van der Waals surface area contributed by atoms with Crippen LogP contribution in [0.2, 0.25) is 0 Å². The zero-order valence-corrected chi connectivity index (χ0v) is 12.5. The number of ether oxygens (including phenoxy) is 1. The summed E-state index contributed by atoms with van der Waals surface area (Å²) >= 11 is 0. The number of anilines is 1. The Balaban J connectivity index is 1.81. The lowest BCUT2D eigenvalue weighted by Crippen LogP contribution is -2.18. The largest absolute Gasteiger partial charge is 0.378 e. The third-order valence-electron chi connectivity index (χ3n) is 3.42. The van der Waals surface area contributed by atoms with Gasteiger partial charge in [0.1, 0.15) is 0 Å². The summed E-state index contributed by atoms with van der Waals surface area (Å²) in [5.41, 5.74) is 0.880. The van der Waals surface area contributed by atoms with Gasteiger partial charge in [0.2, 0.25) is 5.91 Å². The Kier molecular flexibility index (Phi) is 4.70. The summed E-state index contributed by atoms with van der Waals surface area (Å²) in [5.74, 6) is 0.480. The van der Waals surface area contributed by atoms with E-state index < -0.39 is 0 Å². The van der Waals surface area contributed by atoms with Gasteiger partial charge in [0.15, 0.2) is 5.82 Å². The van der Waals surface area contributed by atoms with E-state index in [-0.39, 0.29) is 17.4 Å². The Hall–Kier alpha value is -1.49. The van der Waals surface area contributed by atoms with Crippen LogP contribution in [0.25, 0.3) is 0 Å². The van der Waals surface area contributed by atoms with Crippen LogP contribution in [0.1, 0.15) is 52.1 Å². The number of aromatic nitrogens is 2. The van der Waals surface area contributed by atoms with E-state index in [0.717, 1.165) is 31.6 Å². The minimum Gasteiger partial charge on any atom is -0.378 e. The summed E-state index contributed by atoms with van der Waals surface area (Å²) in [5, 5.41) is 11.0. The van der Waals surface area contributed by atoms with Crippen LogP contribution in [0.3, 0.4) is 0 Å². The highest BCUT2D eigenvalue weighted by atomic mass is 16.5. The molecular formula is C15H23N3O2. The van der Waals surface area contributed by atoms with Crippen molar-refractivity contribution >= 4 is 11.7 Å². The first-order valence-corrected chi connectivity index (χ1v) is 7.21. The lowest BCUT2D eigenvalue weighted by atomic mass is 9.92. The number of carbonyl (C=O) groups is 1. The quantitative estimate of drug-likeness (QED) is 0.919. The van der Waals surface area contributed by atoms with Gasteiger partial charge in [-0.1, -0.05) is 20.8 Å². The maximum atomic E-state index is 11.8.